The molecule has 2 aromatic carbocycles. The maximum Gasteiger partial charge on any atom is 0.297 e. The summed E-state index contributed by atoms with van der Waals surface area (Å²) in [6, 6.07) is 18.0. The molecule has 5 rings (SSSR count). The Labute approximate surface area is 183 Å². The first kappa shape index (κ1) is 19.2. The first-order valence-electron chi connectivity index (χ1n) is 9.89. The van der Waals surface area contributed by atoms with Crippen molar-refractivity contribution < 1.29 is 0 Å². The van der Waals surface area contributed by atoms with Crippen molar-refractivity contribution in [1.82, 2.24) is 13.9 Å². The summed E-state index contributed by atoms with van der Waals surface area (Å²) in [4.78, 5) is 19.0. The van der Waals surface area contributed by atoms with Crippen LogP contribution in [-0.2, 0) is 7.05 Å². The second-order valence-corrected chi connectivity index (χ2v) is 8.81. The molecule has 1 fully saturated rings. The normalized spacial score (nSPS) is 14.4. The molecule has 152 valence electrons. The minimum Gasteiger partial charge on any atom is -0.313 e. The van der Waals surface area contributed by atoms with E-state index in [-0.39, 0.29) is 5.56 Å². The molecule has 4 aromatic rings. The Morgan fingerprint density at radius 3 is 2.43 bits per heavy atom. The first-order chi connectivity index (χ1) is 14.5. The monoisotopic (exact) mass is 436 g/mol. The van der Waals surface area contributed by atoms with Crippen molar-refractivity contribution in [3.8, 4) is 16.9 Å². The number of para-hydroxylation sites is 1. The number of hydrogen-bond acceptors (Lipinski definition) is 3. The van der Waals surface area contributed by atoms with Crippen LogP contribution < -0.4 is 10.4 Å². The zero-order valence-corrected chi connectivity index (χ0v) is 18.3. The molecule has 1 aliphatic rings. The van der Waals surface area contributed by atoms with Gasteiger partial charge in [0.25, 0.3) is 5.56 Å². The Morgan fingerprint density at radius 2 is 1.77 bits per heavy atom. The predicted molar refractivity (Wildman–Crippen MR) is 122 cm³/mol. The molecule has 5 nitrogen and oxygen atoms in total. The number of aromatic nitrogens is 3. The molecule has 2 heterocycles. The van der Waals surface area contributed by atoms with E-state index in [1.165, 1.54) is 0 Å². The summed E-state index contributed by atoms with van der Waals surface area (Å²) in [5, 5.41) is 2.84. The molecule has 0 N–H and O–H groups in total. The van der Waals surface area contributed by atoms with Crippen LogP contribution in [0.25, 0.3) is 16.9 Å². The molecule has 0 aliphatic heterocycles. The van der Waals surface area contributed by atoms with Gasteiger partial charge in [-0.05, 0) is 49.6 Å². The molecular formula is C23H21ClN4OS. The Hall–Kier alpha value is -2.83. The fourth-order valence-corrected chi connectivity index (χ4v) is 4.79. The average molecular weight is 437 g/mol. The lowest BCUT2D eigenvalue weighted by Crippen LogP contribution is -2.20. The van der Waals surface area contributed by atoms with Crippen LogP contribution in [0, 0.1) is 6.92 Å². The van der Waals surface area contributed by atoms with Crippen molar-refractivity contribution in [2.45, 2.75) is 25.8 Å². The third-order valence-electron chi connectivity index (χ3n) is 5.52. The molecule has 0 unspecified atom stereocenters. The third kappa shape index (κ3) is 3.26. The number of nitrogens with zero attached hydrogens (tertiary/aromatic N) is 4. The molecule has 0 bridgehead atoms. The van der Waals surface area contributed by atoms with Crippen LogP contribution in [0.4, 0.5) is 5.69 Å². The van der Waals surface area contributed by atoms with Crippen molar-refractivity contribution in [3.05, 3.63) is 85.8 Å². The van der Waals surface area contributed by atoms with Gasteiger partial charge in [-0.25, -0.2) is 9.67 Å². The van der Waals surface area contributed by atoms with E-state index in [9.17, 15) is 4.79 Å². The summed E-state index contributed by atoms with van der Waals surface area (Å²) in [5.41, 5.74) is 4.28. The number of benzene rings is 2. The largest absolute Gasteiger partial charge is 0.313 e. The number of halogens is 1. The van der Waals surface area contributed by atoms with Crippen molar-refractivity contribution >= 4 is 28.6 Å². The lowest BCUT2D eigenvalue weighted by molar-refractivity contribution is 0.630. The Bertz CT molecular complexity index is 1340. The lowest BCUT2D eigenvalue weighted by Gasteiger charge is -2.07. The third-order valence-corrected chi connectivity index (χ3v) is 6.62. The second kappa shape index (κ2) is 7.45. The van der Waals surface area contributed by atoms with E-state index in [2.05, 4.69) is 9.95 Å². The summed E-state index contributed by atoms with van der Waals surface area (Å²) in [6.07, 6.45) is 2.26. The average Bonchev–Trinajstić information content (AvgIpc) is 3.48. The Balaban J connectivity index is 1.68. The van der Waals surface area contributed by atoms with Gasteiger partial charge in [-0.3, -0.25) is 9.48 Å². The maximum absolute atomic E-state index is 13.3. The highest BCUT2D eigenvalue weighted by Gasteiger charge is 2.28. The van der Waals surface area contributed by atoms with E-state index >= 15 is 0 Å². The van der Waals surface area contributed by atoms with Crippen LogP contribution in [0.1, 0.15) is 24.6 Å². The molecule has 1 aliphatic carbocycles. The first-order valence-corrected chi connectivity index (χ1v) is 11.1. The van der Waals surface area contributed by atoms with E-state index in [1.54, 1.807) is 16.0 Å². The highest BCUT2D eigenvalue weighted by molar-refractivity contribution is 7.07. The van der Waals surface area contributed by atoms with Crippen LogP contribution in [0.15, 0.2) is 69.8 Å². The number of rotatable bonds is 4. The fraction of sp³-hybridized carbons (Fsp3) is 0.217. The molecule has 30 heavy (non-hydrogen) atoms. The van der Waals surface area contributed by atoms with Gasteiger partial charge in [0.05, 0.1) is 17.1 Å². The Morgan fingerprint density at radius 1 is 1.07 bits per heavy atom. The van der Waals surface area contributed by atoms with Crippen molar-refractivity contribution in [3.63, 3.8) is 0 Å². The highest BCUT2D eigenvalue weighted by atomic mass is 35.5. The number of hydrogen-bond donors (Lipinski definition) is 0. The molecule has 2 aromatic heterocycles. The summed E-state index contributed by atoms with van der Waals surface area (Å²) in [5.74, 6) is 0. The second-order valence-electron chi connectivity index (χ2n) is 7.53. The van der Waals surface area contributed by atoms with Gasteiger partial charge in [-0.15, -0.1) is 11.3 Å². The molecular weight excluding hydrogens is 416 g/mol. The molecule has 0 atom stereocenters. The van der Waals surface area contributed by atoms with Crippen LogP contribution in [0.2, 0.25) is 5.02 Å². The molecule has 0 saturated heterocycles. The van der Waals surface area contributed by atoms with Crippen molar-refractivity contribution in [2.75, 3.05) is 0 Å². The van der Waals surface area contributed by atoms with Crippen molar-refractivity contribution in [1.29, 1.82) is 0 Å². The summed E-state index contributed by atoms with van der Waals surface area (Å²) in [6.45, 7) is 1.94. The van der Waals surface area contributed by atoms with Gasteiger partial charge in [-0.1, -0.05) is 41.9 Å². The van der Waals surface area contributed by atoms with Gasteiger partial charge in [-0.2, -0.15) is 0 Å². The van der Waals surface area contributed by atoms with E-state index < -0.39 is 0 Å². The topological polar surface area (TPSA) is 44.2 Å². The van der Waals surface area contributed by atoms with E-state index in [0.717, 1.165) is 45.3 Å². The molecule has 0 spiro atoms. The zero-order chi connectivity index (χ0) is 20.8. The van der Waals surface area contributed by atoms with Gasteiger partial charge in [0.2, 0.25) is 0 Å². The lowest BCUT2D eigenvalue weighted by atomic mass is 10.2. The minimum atomic E-state index is -0.106. The maximum atomic E-state index is 13.3. The fourth-order valence-electron chi connectivity index (χ4n) is 3.70. The van der Waals surface area contributed by atoms with Crippen molar-refractivity contribution in [2.24, 2.45) is 12.0 Å². The van der Waals surface area contributed by atoms with Crippen LogP contribution in [0.5, 0.6) is 0 Å². The number of thiazole rings is 1. The van der Waals surface area contributed by atoms with E-state index in [1.807, 2.05) is 73.3 Å². The van der Waals surface area contributed by atoms with Gasteiger partial charge in [0, 0.05) is 23.5 Å². The smallest absolute Gasteiger partial charge is 0.297 e. The quantitative estimate of drug-likeness (QED) is 0.431. The Kier molecular flexibility index (Phi) is 4.76. The molecule has 1 saturated carbocycles. The van der Waals surface area contributed by atoms with Gasteiger partial charge < -0.3 is 4.57 Å². The van der Waals surface area contributed by atoms with E-state index in [0.29, 0.717) is 11.7 Å². The van der Waals surface area contributed by atoms with Gasteiger partial charge in [0.1, 0.15) is 0 Å². The zero-order valence-electron chi connectivity index (χ0n) is 16.7. The summed E-state index contributed by atoms with van der Waals surface area (Å²) >= 11 is 7.64. The SMILES string of the molecule is Cc1c(N=c2scc(-c3ccc(Cl)cc3)n2C2CC2)c(=O)n(-c2ccccc2)n1C. The van der Waals surface area contributed by atoms with Crippen LogP contribution >= 0.6 is 22.9 Å². The summed E-state index contributed by atoms with van der Waals surface area (Å²) in [7, 11) is 1.89. The van der Waals surface area contributed by atoms with Crippen LogP contribution in [0.3, 0.4) is 0 Å². The van der Waals surface area contributed by atoms with Crippen LogP contribution in [-0.4, -0.2) is 13.9 Å². The standard InChI is InChI=1S/C23H21ClN4OS/c1-15-21(22(29)28(26(15)2)19-6-4-3-5-7-19)25-23-27(18-12-13-18)20(14-30-23)16-8-10-17(24)11-9-16/h3-11,14,18H,12-13H2,1-2H3. The predicted octanol–water partition coefficient (Wildman–Crippen LogP) is 5.24. The van der Waals surface area contributed by atoms with E-state index in [4.69, 9.17) is 16.6 Å². The molecule has 7 heteroatoms. The minimum absolute atomic E-state index is 0.106. The van der Waals surface area contributed by atoms with Gasteiger partial charge in [0.15, 0.2) is 10.5 Å². The van der Waals surface area contributed by atoms with Gasteiger partial charge >= 0.3 is 0 Å². The molecule has 0 radical (unpaired) electrons. The summed E-state index contributed by atoms with van der Waals surface area (Å²) < 4.78 is 5.81. The molecule has 0 amide bonds. The highest BCUT2D eigenvalue weighted by Crippen LogP contribution is 2.38.